The summed E-state index contributed by atoms with van der Waals surface area (Å²) in [7, 11) is 0. The van der Waals surface area contributed by atoms with Crippen LogP contribution in [0.25, 0.3) is 0 Å². The number of fused-ring (bicyclic) bond motifs is 2. The molecule has 1 aliphatic carbocycles. The van der Waals surface area contributed by atoms with E-state index in [1.165, 1.54) is 0 Å². The summed E-state index contributed by atoms with van der Waals surface area (Å²) in [5, 5.41) is 9.01. The smallest absolute Gasteiger partial charge is 0.870 e. The molecule has 2 heterocycles. The summed E-state index contributed by atoms with van der Waals surface area (Å²) < 4.78 is 5.27. The Morgan fingerprint density at radius 3 is 2.54 bits per heavy atom. The van der Waals surface area contributed by atoms with Gasteiger partial charge in [-0.15, -0.1) is 0 Å². The molecule has 0 amide bonds. The average Bonchev–Trinajstić information content (AvgIpc) is 2.04. The van der Waals surface area contributed by atoms with Crippen molar-refractivity contribution < 1.29 is 49.7 Å². The molecular weight excluding hydrogens is 183 g/mol. The number of hydrogen-bond donors (Lipinski definition) is 1. The van der Waals surface area contributed by atoms with Crippen LogP contribution in [-0.4, -0.2) is 35.7 Å². The number of aliphatic hydroxyl groups is 1. The van der Waals surface area contributed by atoms with Crippen molar-refractivity contribution >= 4 is 6.29 Å². The minimum atomic E-state index is -0.638. The van der Waals surface area contributed by atoms with E-state index >= 15 is 0 Å². The Kier molecular flexibility index (Phi) is 4.57. The monoisotopic (exact) mass is 195 g/mol. The summed E-state index contributed by atoms with van der Waals surface area (Å²) in [4.78, 5) is 10.4. The van der Waals surface area contributed by atoms with Crippen molar-refractivity contribution in [1.29, 1.82) is 0 Å². The Morgan fingerprint density at radius 1 is 1.46 bits per heavy atom. The summed E-state index contributed by atoms with van der Waals surface area (Å²) in [5.41, 5.74) is -0.642. The van der Waals surface area contributed by atoms with Gasteiger partial charge < -0.3 is 20.1 Å². The molecule has 1 saturated carbocycles. The second-order valence-corrected chi connectivity index (χ2v) is 3.71. The van der Waals surface area contributed by atoms with E-state index in [4.69, 9.17) is 9.84 Å². The van der Waals surface area contributed by atoms with Crippen LogP contribution in [0.15, 0.2) is 0 Å². The van der Waals surface area contributed by atoms with Gasteiger partial charge in [0.15, 0.2) is 0 Å². The van der Waals surface area contributed by atoms with E-state index in [1.54, 1.807) is 0 Å². The van der Waals surface area contributed by atoms with E-state index in [9.17, 15) is 4.79 Å². The maximum Gasteiger partial charge on any atom is 1.00 e. The van der Waals surface area contributed by atoms with Crippen LogP contribution in [-0.2, 0) is 9.53 Å². The number of ether oxygens (including phenoxy) is 1. The Bertz CT molecular complexity index is 189. The molecule has 0 aromatic rings. The number of rotatable bonds is 2. The molecule has 70 valence electrons. The molecule has 2 aliphatic heterocycles. The maximum atomic E-state index is 10.4. The fraction of sp³-hybridized carbons (Fsp3) is 0.875. The second kappa shape index (κ2) is 4.38. The summed E-state index contributed by atoms with van der Waals surface area (Å²) in [5.74, 6) is 0. The van der Waals surface area contributed by atoms with E-state index < -0.39 is 5.60 Å². The first-order chi connectivity index (χ1) is 5.24. The van der Waals surface area contributed by atoms with Gasteiger partial charge in [0, 0.05) is 13.2 Å². The van der Waals surface area contributed by atoms with E-state index in [1.807, 2.05) is 6.29 Å². The zero-order chi connectivity index (χ0) is 7.95. The van der Waals surface area contributed by atoms with Crippen LogP contribution in [0.2, 0.25) is 0 Å². The van der Waals surface area contributed by atoms with Gasteiger partial charge in [0.25, 0.3) is 0 Å². The van der Waals surface area contributed by atoms with Crippen molar-refractivity contribution in [2.45, 2.75) is 24.9 Å². The fourth-order valence-electron chi connectivity index (χ4n) is 2.19. The SMILES string of the molecule is O=[C-]C12CC(CO)(CCO1)C2.[Na+].[OH-]. The molecule has 0 atom stereocenters. The molecule has 5 heteroatoms. The van der Waals surface area contributed by atoms with Gasteiger partial charge in [-0.05, 0) is 30.3 Å². The predicted octanol–water partition coefficient (Wildman–Crippen LogP) is -3.15. The van der Waals surface area contributed by atoms with Gasteiger partial charge in [-0.25, -0.2) is 6.29 Å². The first-order valence-corrected chi connectivity index (χ1v) is 3.88. The third-order valence-electron chi connectivity index (χ3n) is 2.85. The number of carbonyl (C=O) groups excluding carboxylic acids is 1. The molecule has 3 aliphatic rings. The predicted molar refractivity (Wildman–Crippen MR) is 39.7 cm³/mol. The molecular formula is C8H12NaO4-. The zero-order valence-corrected chi connectivity index (χ0v) is 9.75. The first kappa shape index (κ1) is 13.5. The van der Waals surface area contributed by atoms with Gasteiger partial charge in [0.1, 0.15) is 0 Å². The molecule has 0 aromatic carbocycles. The first-order valence-electron chi connectivity index (χ1n) is 3.88. The van der Waals surface area contributed by atoms with E-state index in [2.05, 4.69) is 0 Å². The number of hydrogen-bond acceptors (Lipinski definition) is 4. The summed E-state index contributed by atoms with van der Waals surface area (Å²) in [6.45, 7) is 0.773. The van der Waals surface area contributed by atoms with Crippen LogP contribution in [0.4, 0.5) is 0 Å². The van der Waals surface area contributed by atoms with Crippen molar-refractivity contribution in [2.24, 2.45) is 5.41 Å². The Balaban J connectivity index is 0.000000720. The standard InChI is InChI=1S/C8H11O3.Na.H2O/c9-5-7-1-2-11-8(3-7,4-7)6-10;;/h9H,1-5H2;;1H2/q-1;+1;/p-1. The topological polar surface area (TPSA) is 76.5 Å². The molecule has 3 fully saturated rings. The Hall–Kier alpha value is 0.550. The second-order valence-electron chi connectivity index (χ2n) is 3.71. The molecule has 13 heavy (non-hydrogen) atoms. The maximum absolute atomic E-state index is 10.4. The van der Waals surface area contributed by atoms with Gasteiger partial charge in [0.05, 0.1) is 0 Å². The van der Waals surface area contributed by atoms with Crippen molar-refractivity contribution in [3.05, 3.63) is 0 Å². The quantitative estimate of drug-likeness (QED) is 0.373. The van der Waals surface area contributed by atoms with Gasteiger partial charge in [-0.3, -0.25) is 0 Å². The van der Waals surface area contributed by atoms with E-state index in [0.717, 1.165) is 6.42 Å². The van der Waals surface area contributed by atoms with Crippen LogP contribution in [0.3, 0.4) is 0 Å². The normalized spacial score (nSPS) is 40.7. The third-order valence-corrected chi connectivity index (χ3v) is 2.85. The molecule has 2 saturated heterocycles. The Morgan fingerprint density at radius 2 is 2.08 bits per heavy atom. The van der Waals surface area contributed by atoms with Gasteiger partial charge in [-0.2, -0.15) is 0 Å². The summed E-state index contributed by atoms with van der Waals surface area (Å²) >= 11 is 0. The average molecular weight is 195 g/mol. The summed E-state index contributed by atoms with van der Waals surface area (Å²) in [6.07, 6.45) is 4.14. The molecule has 3 rings (SSSR count). The molecule has 2 N–H and O–H groups in total. The van der Waals surface area contributed by atoms with Crippen molar-refractivity contribution in [3.63, 3.8) is 0 Å². The zero-order valence-electron chi connectivity index (χ0n) is 7.75. The van der Waals surface area contributed by atoms with Crippen LogP contribution in [0.5, 0.6) is 0 Å². The largest absolute Gasteiger partial charge is 1.00 e. The van der Waals surface area contributed by atoms with Crippen LogP contribution >= 0.6 is 0 Å². The molecule has 0 radical (unpaired) electrons. The van der Waals surface area contributed by atoms with Gasteiger partial charge >= 0.3 is 29.6 Å². The molecule has 0 aromatic heterocycles. The van der Waals surface area contributed by atoms with E-state index in [-0.39, 0.29) is 47.1 Å². The number of aliphatic hydroxyl groups excluding tert-OH is 1. The van der Waals surface area contributed by atoms with E-state index in [0.29, 0.717) is 19.4 Å². The van der Waals surface area contributed by atoms with Crippen molar-refractivity contribution in [1.82, 2.24) is 0 Å². The van der Waals surface area contributed by atoms with Crippen LogP contribution in [0.1, 0.15) is 19.3 Å². The van der Waals surface area contributed by atoms with Crippen LogP contribution in [0, 0.1) is 5.41 Å². The third kappa shape index (κ3) is 1.98. The Labute approximate surface area is 99.2 Å². The molecule has 0 spiro atoms. The van der Waals surface area contributed by atoms with Gasteiger partial charge in [-0.1, -0.05) is 0 Å². The minimum absolute atomic E-state index is 0. The van der Waals surface area contributed by atoms with Crippen LogP contribution < -0.4 is 29.6 Å². The summed E-state index contributed by atoms with van der Waals surface area (Å²) in [6, 6.07) is 0. The van der Waals surface area contributed by atoms with Crippen molar-refractivity contribution in [2.75, 3.05) is 13.2 Å². The van der Waals surface area contributed by atoms with Gasteiger partial charge in [0.2, 0.25) is 0 Å². The fourth-order valence-corrected chi connectivity index (χ4v) is 2.19. The molecule has 4 nitrogen and oxygen atoms in total. The molecule has 0 unspecified atom stereocenters. The molecule has 2 bridgehead atoms. The minimum Gasteiger partial charge on any atom is -0.870 e. The van der Waals surface area contributed by atoms with Crippen molar-refractivity contribution in [3.8, 4) is 0 Å².